The van der Waals surface area contributed by atoms with E-state index in [1.807, 2.05) is 0 Å². The normalized spacial score (nSPS) is 18.6. The Morgan fingerprint density at radius 1 is 1.19 bits per heavy atom. The van der Waals surface area contributed by atoms with Gasteiger partial charge in [-0.2, -0.15) is 0 Å². The third-order valence-corrected chi connectivity index (χ3v) is 4.23. The molecule has 0 spiro atoms. The maximum absolute atomic E-state index is 5.24. The molecule has 0 aromatic heterocycles. The average Bonchev–Trinajstić information content (AvgIpc) is 2.58. The summed E-state index contributed by atoms with van der Waals surface area (Å²) in [6.07, 6.45) is 0. The molecule has 16 heavy (non-hydrogen) atoms. The minimum absolute atomic E-state index is 0.742. The Balaban J connectivity index is 2.41. The molecule has 0 atom stereocenters. The van der Waals surface area contributed by atoms with Crippen LogP contribution in [0.2, 0.25) is 0 Å². The highest BCUT2D eigenvalue weighted by Gasteiger charge is 2.21. The Kier molecular flexibility index (Phi) is 3.42. The number of nitrogens with one attached hydrogen (secondary N) is 1. The molecule has 0 unspecified atom stereocenters. The van der Waals surface area contributed by atoms with Gasteiger partial charge in [-0.25, -0.2) is 0 Å². The summed E-state index contributed by atoms with van der Waals surface area (Å²) in [6, 6.07) is 8.44. The van der Waals surface area contributed by atoms with Gasteiger partial charge in [0.05, 0.1) is 4.91 Å². The first-order chi connectivity index (χ1) is 7.58. The highest BCUT2D eigenvalue weighted by molar-refractivity contribution is 8.27. The maximum atomic E-state index is 5.24. The molecule has 1 aliphatic heterocycles. The standard InChI is InChI=1S/C12H11NS3/c1-7-3-5-9(6-4-7)8(2)10-11(14)13-12(15)16-10/h3-6H,1-2H3,(H,13,14,15)/b10-8+. The second-order valence-electron chi connectivity index (χ2n) is 3.66. The Labute approximate surface area is 110 Å². The van der Waals surface area contributed by atoms with Crippen molar-refractivity contribution in [2.24, 2.45) is 0 Å². The zero-order chi connectivity index (χ0) is 11.7. The molecule has 0 amide bonds. The lowest BCUT2D eigenvalue weighted by molar-refractivity contribution is 1.44. The number of hydrogen-bond acceptors (Lipinski definition) is 3. The predicted octanol–water partition coefficient (Wildman–Crippen LogP) is 3.67. The van der Waals surface area contributed by atoms with Crippen molar-refractivity contribution in [2.45, 2.75) is 13.8 Å². The van der Waals surface area contributed by atoms with Crippen LogP contribution < -0.4 is 5.32 Å². The van der Waals surface area contributed by atoms with Gasteiger partial charge in [-0.15, -0.1) is 0 Å². The third kappa shape index (κ3) is 2.34. The Hall–Kier alpha value is -0.710. The number of thiocarbonyl (C=S) groups is 2. The molecule has 1 saturated heterocycles. The van der Waals surface area contributed by atoms with Gasteiger partial charge < -0.3 is 5.32 Å². The number of thioether (sulfide) groups is 1. The molecule has 2 rings (SSSR count). The summed E-state index contributed by atoms with van der Waals surface area (Å²) in [4.78, 5) is 1.82. The van der Waals surface area contributed by atoms with Crippen LogP contribution in [0.4, 0.5) is 0 Å². The molecule has 1 N–H and O–H groups in total. The monoisotopic (exact) mass is 265 g/mol. The molecule has 0 bridgehead atoms. The van der Waals surface area contributed by atoms with Crippen molar-refractivity contribution in [3.63, 3.8) is 0 Å². The van der Waals surface area contributed by atoms with Crippen molar-refractivity contribution in [1.29, 1.82) is 0 Å². The smallest absolute Gasteiger partial charge is 0.143 e. The van der Waals surface area contributed by atoms with Crippen LogP contribution in [0.15, 0.2) is 29.2 Å². The van der Waals surface area contributed by atoms with Gasteiger partial charge in [0.1, 0.15) is 9.31 Å². The van der Waals surface area contributed by atoms with E-state index < -0.39 is 0 Å². The van der Waals surface area contributed by atoms with Crippen molar-refractivity contribution in [3.05, 3.63) is 40.3 Å². The van der Waals surface area contributed by atoms with Gasteiger partial charge in [-0.1, -0.05) is 66.0 Å². The number of rotatable bonds is 1. The predicted molar refractivity (Wildman–Crippen MR) is 79.7 cm³/mol. The van der Waals surface area contributed by atoms with Crippen LogP contribution >= 0.6 is 36.2 Å². The Morgan fingerprint density at radius 2 is 1.81 bits per heavy atom. The Morgan fingerprint density at radius 3 is 2.31 bits per heavy atom. The first kappa shape index (κ1) is 11.8. The molecule has 0 saturated carbocycles. The van der Waals surface area contributed by atoms with E-state index in [4.69, 9.17) is 24.4 Å². The van der Waals surface area contributed by atoms with Crippen LogP contribution in [0, 0.1) is 6.92 Å². The largest absolute Gasteiger partial charge is 0.331 e. The van der Waals surface area contributed by atoms with Crippen LogP contribution in [-0.4, -0.2) is 9.31 Å². The van der Waals surface area contributed by atoms with Gasteiger partial charge in [0.25, 0.3) is 0 Å². The number of hydrogen-bond donors (Lipinski definition) is 1. The van der Waals surface area contributed by atoms with Gasteiger partial charge in [-0.3, -0.25) is 0 Å². The van der Waals surface area contributed by atoms with Crippen molar-refractivity contribution in [3.8, 4) is 0 Å². The second kappa shape index (κ2) is 4.65. The summed E-state index contributed by atoms with van der Waals surface area (Å²) < 4.78 is 0.742. The van der Waals surface area contributed by atoms with E-state index in [2.05, 4.69) is 43.4 Å². The molecule has 82 valence electrons. The zero-order valence-electron chi connectivity index (χ0n) is 9.03. The van der Waals surface area contributed by atoms with E-state index in [0.29, 0.717) is 0 Å². The van der Waals surface area contributed by atoms with Crippen molar-refractivity contribution in [1.82, 2.24) is 5.32 Å². The van der Waals surface area contributed by atoms with Crippen molar-refractivity contribution >= 4 is 51.1 Å². The lowest BCUT2D eigenvalue weighted by Crippen LogP contribution is -2.16. The van der Waals surface area contributed by atoms with E-state index in [0.717, 1.165) is 14.2 Å². The summed E-state index contributed by atoms with van der Waals surface area (Å²) in [6.45, 7) is 4.16. The Bertz CT molecular complexity index is 485. The van der Waals surface area contributed by atoms with Crippen LogP contribution in [-0.2, 0) is 0 Å². The van der Waals surface area contributed by atoms with Gasteiger partial charge in [0.15, 0.2) is 0 Å². The van der Waals surface area contributed by atoms with E-state index in [1.54, 1.807) is 0 Å². The minimum Gasteiger partial charge on any atom is -0.331 e. The third-order valence-electron chi connectivity index (χ3n) is 2.44. The van der Waals surface area contributed by atoms with E-state index >= 15 is 0 Å². The molecule has 1 aromatic rings. The topological polar surface area (TPSA) is 12.0 Å². The fourth-order valence-electron chi connectivity index (χ4n) is 1.50. The number of benzene rings is 1. The highest BCUT2D eigenvalue weighted by atomic mass is 32.2. The van der Waals surface area contributed by atoms with Gasteiger partial charge in [-0.05, 0) is 25.0 Å². The number of allylic oxidation sites excluding steroid dienone is 1. The van der Waals surface area contributed by atoms with E-state index in [1.165, 1.54) is 28.5 Å². The first-order valence-corrected chi connectivity index (χ1v) is 6.52. The first-order valence-electron chi connectivity index (χ1n) is 4.89. The van der Waals surface area contributed by atoms with Crippen LogP contribution in [0.5, 0.6) is 0 Å². The number of aryl methyl sites for hydroxylation is 1. The summed E-state index contributed by atoms with van der Waals surface area (Å²) in [5.74, 6) is 0. The molecular weight excluding hydrogens is 254 g/mol. The lowest BCUT2D eigenvalue weighted by atomic mass is 10.1. The molecule has 0 aliphatic carbocycles. The molecule has 1 fully saturated rings. The molecular formula is C12H11NS3. The molecule has 1 heterocycles. The molecule has 1 aliphatic rings. The fraction of sp³-hybridized carbons (Fsp3) is 0.167. The summed E-state index contributed by atoms with van der Waals surface area (Å²) >= 11 is 11.9. The van der Waals surface area contributed by atoms with Gasteiger partial charge in [0, 0.05) is 0 Å². The van der Waals surface area contributed by atoms with Crippen molar-refractivity contribution < 1.29 is 0 Å². The second-order valence-corrected chi connectivity index (χ2v) is 5.76. The maximum Gasteiger partial charge on any atom is 0.143 e. The zero-order valence-corrected chi connectivity index (χ0v) is 11.5. The van der Waals surface area contributed by atoms with E-state index in [9.17, 15) is 0 Å². The van der Waals surface area contributed by atoms with Crippen molar-refractivity contribution in [2.75, 3.05) is 0 Å². The average molecular weight is 265 g/mol. The van der Waals surface area contributed by atoms with Gasteiger partial charge >= 0.3 is 0 Å². The molecule has 0 radical (unpaired) electrons. The fourth-order valence-corrected chi connectivity index (χ4v) is 3.11. The van der Waals surface area contributed by atoms with Crippen LogP contribution in [0.25, 0.3) is 5.57 Å². The summed E-state index contributed by atoms with van der Waals surface area (Å²) in [5.41, 5.74) is 3.64. The van der Waals surface area contributed by atoms with Crippen LogP contribution in [0.3, 0.4) is 0 Å². The van der Waals surface area contributed by atoms with Crippen LogP contribution in [0.1, 0.15) is 18.1 Å². The summed E-state index contributed by atoms with van der Waals surface area (Å²) in [5, 5.41) is 3.00. The SMILES string of the molecule is C/C(=C1\SC(=S)NC1=S)c1ccc(C)cc1. The van der Waals surface area contributed by atoms with E-state index in [-0.39, 0.29) is 0 Å². The molecule has 4 heteroatoms. The minimum atomic E-state index is 0.742. The highest BCUT2D eigenvalue weighted by Crippen LogP contribution is 2.32. The molecule has 1 aromatic carbocycles. The summed E-state index contributed by atoms with van der Waals surface area (Å²) in [7, 11) is 0. The van der Waals surface area contributed by atoms with Gasteiger partial charge in [0.2, 0.25) is 0 Å². The lowest BCUT2D eigenvalue weighted by Gasteiger charge is -2.05. The quantitative estimate of drug-likeness (QED) is 0.614. The molecule has 1 nitrogen and oxygen atoms in total.